The van der Waals surface area contributed by atoms with Crippen LogP contribution in [0.1, 0.15) is 60.6 Å². The van der Waals surface area contributed by atoms with Crippen molar-refractivity contribution in [1.82, 2.24) is 9.78 Å². The topological polar surface area (TPSA) is 65.7 Å². The van der Waals surface area contributed by atoms with Gasteiger partial charge in [-0.1, -0.05) is 74.8 Å². The van der Waals surface area contributed by atoms with Gasteiger partial charge in [-0.15, -0.1) is 0 Å². The molecule has 0 saturated carbocycles. The lowest BCUT2D eigenvalue weighted by atomic mass is 9.86. The maximum absolute atomic E-state index is 12.5. The van der Waals surface area contributed by atoms with Crippen LogP contribution < -0.4 is 0 Å². The number of aromatic nitrogens is 2. The Morgan fingerprint density at radius 1 is 1.06 bits per heavy atom. The Kier molecular flexibility index (Phi) is 8.52. The molecule has 0 spiro atoms. The molecule has 7 heteroatoms. The molecule has 0 aliphatic carbocycles. The zero-order valence-electron chi connectivity index (χ0n) is 21.1. The largest absolute Gasteiger partial charge is 0.454 e. The van der Waals surface area contributed by atoms with Gasteiger partial charge < -0.3 is 9.47 Å². The number of ether oxygens (including phenoxy) is 2. The van der Waals surface area contributed by atoms with Crippen molar-refractivity contribution < 1.29 is 14.3 Å². The number of esters is 1. The summed E-state index contributed by atoms with van der Waals surface area (Å²) in [6, 6.07) is 17.0. The molecule has 3 aromatic rings. The van der Waals surface area contributed by atoms with Gasteiger partial charge in [0.1, 0.15) is 5.69 Å². The van der Waals surface area contributed by atoms with Crippen LogP contribution in [0.4, 0.5) is 0 Å². The zero-order chi connectivity index (χ0) is 25.6. The summed E-state index contributed by atoms with van der Waals surface area (Å²) in [7, 11) is 1.69. The number of aliphatic imine (C=N–C) groups is 1. The predicted octanol–water partition coefficient (Wildman–Crippen LogP) is 6.56. The molecular weight excluding hydrogens is 462 g/mol. The first kappa shape index (κ1) is 26.2. The Balaban J connectivity index is 2.06. The smallest absolute Gasteiger partial charge is 0.340 e. The van der Waals surface area contributed by atoms with E-state index in [9.17, 15) is 4.79 Å². The molecule has 0 amide bonds. The molecule has 0 radical (unpaired) electrons. The maximum atomic E-state index is 12.5. The maximum Gasteiger partial charge on any atom is 0.340 e. The summed E-state index contributed by atoms with van der Waals surface area (Å²) < 4.78 is 13.3. The summed E-state index contributed by atoms with van der Waals surface area (Å²) in [6.07, 6.45) is 1.72. The molecule has 1 aromatic heterocycles. The number of nitrogens with zero attached hydrogens (tertiary/aromatic N) is 3. The monoisotopic (exact) mass is 493 g/mol. The van der Waals surface area contributed by atoms with Crippen molar-refractivity contribution in [2.75, 3.05) is 13.8 Å². The summed E-state index contributed by atoms with van der Waals surface area (Å²) in [5.74, 6) is -0.0381. The number of allylic oxidation sites excluding steroid dienone is 1. The van der Waals surface area contributed by atoms with E-state index in [-0.39, 0.29) is 12.2 Å². The normalized spacial score (nSPS) is 12.5. The van der Waals surface area contributed by atoms with Crippen molar-refractivity contribution >= 4 is 35.1 Å². The van der Waals surface area contributed by atoms with Gasteiger partial charge in [-0.3, -0.25) is 9.67 Å². The number of carbonyl (C=O) groups is 1. The fourth-order valence-electron chi connectivity index (χ4n) is 3.62. The molecule has 1 heterocycles. The average Bonchev–Trinajstić information content (AvgIpc) is 3.14. The van der Waals surface area contributed by atoms with Gasteiger partial charge in [-0.05, 0) is 42.5 Å². The minimum absolute atomic E-state index is 0.0213. The first-order valence-electron chi connectivity index (χ1n) is 11.5. The summed E-state index contributed by atoms with van der Waals surface area (Å²) in [4.78, 5) is 16.7. The lowest BCUT2D eigenvalue weighted by Gasteiger charge is -2.20. The molecule has 0 aliphatic heterocycles. The highest BCUT2D eigenvalue weighted by atomic mass is 35.5. The summed E-state index contributed by atoms with van der Waals surface area (Å²) in [6.45, 7) is 10.6. The van der Waals surface area contributed by atoms with Gasteiger partial charge in [-0.25, -0.2) is 4.79 Å². The molecule has 3 rings (SSSR count). The summed E-state index contributed by atoms with van der Waals surface area (Å²) in [5, 5.41) is 5.02. The Labute approximate surface area is 212 Å². The fraction of sp³-hybridized carbons (Fsp3) is 0.321. The molecule has 0 bridgehead atoms. The van der Waals surface area contributed by atoms with Crippen molar-refractivity contribution in [3.05, 3.63) is 87.7 Å². The van der Waals surface area contributed by atoms with Crippen molar-refractivity contribution in [2.24, 2.45) is 4.99 Å². The van der Waals surface area contributed by atoms with Crippen LogP contribution in [0.3, 0.4) is 0 Å². The van der Waals surface area contributed by atoms with Gasteiger partial charge in [-0.2, -0.15) is 5.10 Å². The quantitative estimate of drug-likeness (QED) is 0.154. The molecule has 0 aliphatic rings. The Hall–Kier alpha value is -3.38. The van der Waals surface area contributed by atoms with E-state index in [1.165, 1.54) is 5.56 Å². The first-order chi connectivity index (χ1) is 16.7. The minimum atomic E-state index is -0.475. The van der Waals surface area contributed by atoms with Crippen LogP contribution in [0, 0.1) is 6.92 Å². The van der Waals surface area contributed by atoms with E-state index in [4.69, 9.17) is 21.1 Å². The van der Waals surface area contributed by atoms with E-state index in [1.807, 2.05) is 32.0 Å². The van der Waals surface area contributed by atoms with E-state index >= 15 is 0 Å². The number of rotatable bonds is 8. The van der Waals surface area contributed by atoms with Crippen LogP contribution in [-0.4, -0.2) is 35.8 Å². The third-order valence-electron chi connectivity index (χ3n) is 5.54. The number of benzene rings is 2. The lowest BCUT2D eigenvalue weighted by Crippen LogP contribution is -2.13. The van der Waals surface area contributed by atoms with Gasteiger partial charge >= 0.3 is 5.97 Å². The molecule has 35 heavy (non-hydrogen) atoms. The van der Waals surface area contributed by atoms with Crippen LogP contribution in [0.5, 0.6) is 0 Å². The van der Waals surface area contributed by atoms with E-state index in [1.54, 1.807) is 42.2 Å². The molecule has 0 N–H and O–H groups in total. The van der Waals surface area contributed by atoms with E-state index in [0.29, 0.717) is 39.9 Å². The standard InChI is InChI=1S/C28H32ClN3O3/c1-7-32-25(24(29)19(2)31-32)26(34-18-35-27(33)21-11-9-8-10-12-21)23(17-30-6)20-13-15-22(16-14-20)28(3,4)5/h8-17H,7,18H2,1-6H3/b26-23-,30-17-. The van der Waals surface area contributed by atoms with E-state index in [2.05, 4.69) is 43.0 Å². The third-order valence-corrected chi connectivity index (χ3v) is 5.99. The summed E-state index contributed by atoms with van der Waals surface area (Å²) in [5.41, 5.74) is 4.57. The van der Waals surface area contributed by atoms with Crippen molar-refractivity contribution in [1.29, 1.82) is 0 Å². The van der Waals surface area contributed by atoms with E-state index < -0.39 is 5.97 Å². The number of halogens is 1. The van der Waals surface area contributed by atoms with Gasteiger partial charge in [0.25, 0.3) is 0 Å². The van der Waals surface area contributed by atoms with Gasteiger partial charge in [0.15, 0.2) is 5.76 Å². The molecule has 0 fully saturated rings. The number of hydrogen-bond acceptors (Lipinski definition) is 5. The molecule has 2 aromatic carbocycles. The van der Waals surface area contributed by atoms with Gasteiger partial charge in [0.05, 0.1) is 16.3 Å². The number of carbonyl (C=O) groups excluding carboxylic acids is 1. The lowest BCUT2D eigenvalue weighted by molar-refractivity contribution is 0.00661. The van der Waals surface area contributed by atoms with E-state index in [0.717, 1.165) is 5.56 Å². The molecule has 6 nitrogen and oxygen atoms in total. The predicted molar refractivity (Wildman–Crippen MR) is 142 cm³/mol. The Morgan fingerprint density at radius 2 is 1.71 bits per heavy atom. The second-order valence-electron chi connectivity index (χ2n) is 9.08. The van der Waals surface area contributed by atoms with Crippen LogP contribution in [-0.2, 0) is 21.4 Å². The SMILES string of the molecule is CCn1nc(C)c(Cl)c1/C(OCOC(=O)c1ccccc1)=C(\C=N/C)c1ccc(C(C)(C)C)cc1. The molecule has 184 valence electrons. The van der Waals surface area contributed by atoms with Crippen LogP contribution >= 0.6 is 11.6 Å². The first-order valence-corrected chi connectivity index (χ1v) is 11.9. The number of aryl methyl sites for hydroxylation is 2. The molecular formula is C28H32ClN3O3. The van der Waals surface area contributed by atoms with Crippen LogP contribution in [0.25, 0.3) is 11.3 Å². The highest BCUT2D eigenvalue weighted by Gasteiger charge is 2.23. The summed E-state index contributed by atoms with van der Waals surface area (Å²) >= 11 is 6.69. The zero-order valence-corrected chi connectivity index (χ0v) is 21.9. The van der Waals surface area contributed by atoms with Gasteiger partial charge in [0, 0.05) is 25.4 Å². The van der Waals surface area contributed by atoms with Crippen molar-refractivity contribution in [3.63, 3.8) is 0 Å². The van der Waals surface area contributed by atoms with Crippen LogP contribution in [0.2, 0.25) is 5.02 Å². The van der Waals surface area contributed by atoms with Gasteiger partial charge in [0.2, 0.25) is 6.79 Å². The highest BCUT2D eigenvalue weighted by Crippen LogP contribution is 2.34. The number of hydrogen-bond donors (Lipinski definition) is 0. The van der Waals surface area contributed by atoms with Crippen molar-refractivity contribution in [2.45, 2.75) is 46.6 Å². The Morgan fingerprint density at radius 3 is 2.29 bits per heavy atom. The Bertz CT molecular complexity index is 1220. The highest BCUT2D eigenvalue weighted by molar-refractivity contribution is 6.33. The average molecular weight is 494 g/mol. The fourth-order valence-corrected chi connectivity index (χ4v) is 3.84. The molecule has 0 atom stereocenters. The van der Waals surface area contributed by atoms with Crippen LogP contribution in [0.15, 0.2) is 59.6 Å². The minimum Gasteiger partial charge on any atom is -0.454 e. The second-order valence-corrected chi connectivity index (χ2v) is 9.46. The van der Waals surface area contributed by atoms with Crippen molar-refractivity contribution in [3.8, 4) is 0 Å². The molecule has 0 saturated heterocycles. The second kappa shape index (κ2) is 11.4. The molecule has 0 unspecified atom stereocenters. The third kappa shape index (κ3) is 6.20.